The highest BCUT2D eigenvalue weighted by Gasteiger charge is 2.36. The first-order valence-corrected chi connectivity index (χ1v) is 10.1. The summed E-state index contributed by atoms with van der Waals surface area (Å²) in [6.07, 6.45) is 1.47. The first kappa shape index (κ1) is 20.3. The maximum atomic E-state index is 12.7. The Morgan fingerprint density at radius 2 is 1.87 bits per heavy atom. The Morgan fingerprint density at radius 3 is 2.60 bits per heavy atom. The number of furan rings is 1. The standard InChI is InChI=1S/C21H11Cl2NO5S/c22-12-2-1-3-13(9-12)24-19(25)18(30-21(24)28)10-14-5-7-17(29-14)11-4-6-16(23)15(8-11)20(26)27/h1-10H,(H,26,27)/b18-10-. The van der Waals surface area contributed by atoms with E-state index in [-0.39, 0.29) is 15.5 Å². The number of halogens is 2. The van der Waals surface area contributed by atoms with Crippen molar-refractivity contribution in [3.05, 3.63) is 80.9 Å². The number of thioether (sulfide) groups is 1. The second kappa shape index (κ2) is 8.02. The lowest BCUT2D eigenvalue weighted by Crippen LogP contribution is -2.27. The number of hydrogen-bond acceptors (Lipinski definition) is 5. The topological polar surface area (TPSA) is 87.8 Å². The first-order chi connectivity index (χ1) is 14.3. The van der Waals surface area contributed by atoms with Crippen LogP contribution in [0.1, 0.15) is 16.1 Å². The number of carbonyl (C=O) groups is 3. The zero-order valence-electron chi connectivity index (χ0n) is 15.0. The van der Waals surface area contributed by atoms with Crippen molar-refractivity contribution in [3.8, 4) is 11.3 Å². The van der Waals surface area contributed by atoms with Gasteiger partial charge in [0.15, 0.2) is 0 Å². The molecular formula is C21H11Cl2NO5S. The van der Waals surface area contributed by atoms with Crippen LogP contribution in [0.4, 0.5) is 10.5 Å². The molecule has 2 heterocycles. The van der Waals surface area contributed by atoms with E-state index in [0.29, 0.717) is 27.8 Å². The van der Waals surface area contributed by atoms with Gasteiger partial charge in [0.05, 0.1) is 21.2 Å². The van der Waals surface area contributed by atoms with E-state index in [9.17, 15) is 19.5 Å². The number of nitrogens with zero attached hydrogens (tertiary/aromatic N) is 1. The summed E-state index contributed by atoms with van der Waals surface area (Å²) in [4.78, 5) is 37.6. The molecule has 2 aromatic carbocycles. The fourth-order valence-corrected chi connectivity index (χ4v) is 4.07. The summed E-state index contributed by atoms with van der Waals surface area (Å²) in [6.45, 7) is 0. The number of imide groups is 1. The second-order valence-corrected chi connectivity index (χ2v) is 8.04. The third-order valence-corrected chi connectivity index (χ3v) is 5.68. The Morgan fingerprint density at radius 1 is 1.07 bits per heavy atom. The monoisotopic (exact) mass is 459 g/mol. The van der Waals surface area contributed by atoms with Gasteiger partial charge in [-0.1, -0.05) is 29.3 Å². The molecule has 9 heteroatoms. The summed E-state index contributed by atoms with van der Waals surface area (Å²) in [7, 11) is 0. The summed E-state index contributed by atoms with van der Waals surface area (Å²) >= 11 is 12.6. The average Bonchev–Trinajstić information content (AvgIpc) is 3.26. The number of carboxylic acids is 1. The van der Waals surface area contributed by atoms with Crippen LogP contribution in [-0.4, -0.2) is 22.2 Å². The first-order valence-electron chi connectivity index (χ1n) is 8.50. The van der Waals surface area contributed by atoms with E-state index in [0.717, 1.165) is 16.7 Å². The molecule has 6 nitrogen and oxygen atoms in total. The zero-order chi connectivity index (χ0) is 21.4. The van der Waals surface area contributed by atoms with E-state index in [1.165, 1.54) is 24.3 Å². The number of carboxylic acid groups (broad SMARTS) is 1. The van der Waals surface area contributed by atoms with Crippen molar-refractivity contribution in [1.82, 2.24) is 0 Å². The fourth-order valence-electron chi connectivity index (χ4n) is 2.86. The van der Waals surface area contributed by atoms with Crippen LogP contribution in [0.5, 0.6) is 0 Å². The lowest BCUT2D eigenvalue weighted by atomic mass is 10.1. The molecule has 1 saturated heterocycles. The van der Waals surface area contributed by atoms with Crippen molar-refractivity contribution in [2.75, 3.05) is 4.90 Å². The maximum absolute atomic E-state index is 12.7. The van der Waals surface area contributed by atoms with Gasteiger partial charge < -0.3 is 9.52 Å². The summed E-state index contributed by atoms with van der Waals surface area (Å²) < 4.78 is 5.72. The molecule has 150 valence electrons. The molecule has 2 amide bonds. The van der Waals surface area contributed by atoms with E-state index in [1.54, 1.807) is 36.4 Å². The molecule has 0 saturated carbocycles. The smallest absolute Gasteiger partial charge is 0.337 e. The van der Waals surface area contributed by atoms with Crippen LogP contribution in [-0.2, 0) is 4.79 Å². The van der Waals surface area contributed by atoms with Crippen LogP contribution in [0.2, 0.25) is 10.0 Å². The van der Waals surface area contributed by atoms with Crippen LogP contribution in [0.25, 0.3) is 17.4 Å². The van der Waals surface area contributed by atoms with Crippen LogP contribution in [0, 0.1) is 0 Å². The quantitative estimate of drug-likeness (QED) is 0.467. The van der Waals surface area contributed by atoms with Crippen molar-refractivity contribution in [2.24, 2.45) is 0 Å². The Kier molecular flexibility index (Phi) is 5.42. The van der Waals surface area contributed by atoms with Gasteiger partial charge in [0.1, 0.15) is 11.5 Å². The summed E-state index contributed by atoms with van der Waals surface area (Å²) in [6, 6.07) is 14.2. The minimum absolute atomic E-state index is 0.0465. The highest BCUT2D eigenvalue weighted by atomic mass is 35.5. The van der Waals surface area contributed by atoms with Crippen LogP contribution in [0.15, 0.2) is 63.9 Å². The number of rotatable bonds is 4. The van der Waals surface area contributed by atoms with E-state index in [2.05, 4.69) is 0 Å². The van der Waals surface area contributed by atoms with Crippen LogP contribution >= 0.6 is 35.0 Å². The van der Waals surface area contributed by atoms with Crippen LogP contribution in [0.3, 0.4) is 0 Å². The molecule has 0 aliphatic carbocycles. The lowest BCUT2D eigenvalue weighted by Gasteiger charge is -2.12. The Bertz CT molecular complexity index is 1230. The van der Waals surface area contributed by atoms with Crippen molar-refractivity contribution >= 4 is 63.8 Å². The molecule has 1 aliphatic heterocycles. The number of hydrogen-bond donors (Lipinski definition) is 1. The van der Waals surface area contributed by atoms with E-state index in [4.69, 9.17) is 27.6 Å². The number of anilines is 1. The zero-order valence-corrected chi connectivity index (χ0v) is 17.3. The third-order valence-electron chi connectivity index (χ3n) is 4.24. The van der Waals surface area contributed by atoms with Gasteiger partial charge in [-0.05, 0) is 60.3 Å². The normalized spacial score (nSPS) is 15.3. The molecule has 4 rings (SSSR count). The third kappa shape index (κ3) is 3.87. The van der Waals surface area contributed by atoms with Gasteiger partial charge in [0.25, 0.3) is 11.1 Å². The molecule has 0 unspecified atom stereocenters. The van der Waals surface area contributed by atoms with Gasteiger partial charge in [-0.25, -0.2) is 9.69 Å². The number of aromatic carboxylic acids is 1. The van der Waals surface area contributed by atoms with Crippen molar-refractivity contribution < 1.29 is 23.9 Å². The predicted octanol–water partition coefficient (Wildman–Crippen LogP) is 6.19. The van der Waals surface area contributed by atoms with E-state index < -0.39 is 17.1 Å². The number of benzene rings is 2. The fraction of sp³-hybridized carbons (Fsp3) is 0. The molecule has 1 aliphatic rings. The van der Waals surface area contributed by atoms with Crippen molar-refractivity contribution in [2.45, 2.75) is 0 Å². The molecule has 1 aromatic heterocycles. The Hall–Kier alpha value is -3.00. The summed E-state index contributed by atoms with van der Waals surface area (Å²) in [5, 5.41) is 9.30. The Labute approximate surface area is 184 Å². The van der Waals surface area contributed by atoms with Gasteiger partial charge in [-0.3, -0.25) is 9.59 Å². The van der Waals surface area contributed by atoms with E-state index >= 15 is 0 Å². The largest absolute Gasteiger partial charge is 0.478 e. The highest BCUT2D eigenvalue weighted by molar-refractivity contribution is 8.19. The predicted molar refractivity (Wildman–Crippen MR) is 116 cm³/mol. The molecule has 3 aromatic rings. The second-order valence-electron chi connectivity index (χ2n) is 6.20. The molecule has 0 radical (unpaired) electrons. The molecule has 1 fully saturated rings. The maximum Gasteiger partial charge on any atom is 0.337 e. The van der Waals surface area contributed by atoms with Crippen LogP contribution < -0.4 is 4.90 Å². The summed E-state index contributed by atoms with van der Waals surface area (Å²) in [5.74, 6) is -0.893. The molecular weight excluding hydrogens is 449 g/mol. The molecule has 30 heavy (non-hydrogen) atoms. The molecule has 0 atom stereocenters. The number of carbonyl (C=O) groups excluding carboxylic acids is 2. The van der Waals surface area contributed by atoms with Gasteiger partial charge in [-0.15, -0.1) is 0 Å². The lowest BCUT2D eigenvalue weighted by molar-refractivity contribution is -0.113. The molecule has 1 N–H and O–H groups in total. The average molecular weight is 460 g/mol. The minimum atomic E-state index is -1.15. The molecule has 0 bridgehead atoms. The molecule has 0 spiro atoms. The minimum Gasteiger partial charge on any atom is -0.478 e. The van der Waals surface area contributed by atoms with Gasteiger partial charge >= 0.3 is 5.97 Å². The highest BCUT2D eigenvalue weighted by Crippen LogP contribution is 2.37. The Balaban J connectivity index is 1.62. The van der Waals surface area contributed by atoms with Crippen molar-refractivity contribution in [1.29, 1.82) is 0 Å². The van der Waals surface area contributed by atoms with Gasteiger partial charge in [0.2, 0.25) is 0 Å². The SMILES string of the molecule is O=C(O)c1cc(-c2ccc(/C=C3\SC(=O)N(c4cccc(Cl)c4)C3=O)o2)ccc1Cl. The van der Waals surface area contributed by atoms with E-state index in [1.807, 2.05) is 0 Å². The summed E-state index contributed by atoms with van der Waals surface area (Å²) in [5.41, 5.74) is 0.856. The van der Waals surface area contributed by atoms with Gasteiger partial charge in [-0.2, -0.15) is 0 Å². The number of amides is 2. The van der Waals surface area contributed by atoms with Crippen molar-refractivity contribution in [3.63, 3.8) is 0 Å². The van der Waals surface area contributed by atoms with Gasteiger partial charge in [0, 0.05) is 16.7 Å².